The lowest BCUT2D eigenvalue weighted by Crippen LogP contribution is -2.13. The van der Waals surface area contributed by atoms with Gasteiger partial charge >= 0.3 is 6.61 Å². The molecule has 0 bridgehead atoms. The number of alkyl halides is 2. The van der Waals surface area contributed by atoms with Crippen molar-refractivity contribution in [3.63, 3.8) is 0 Å². The van der Waals surface area contributed by atoms with Crippen molar-refractivity contribution in [1.29, 1.82) is 0 Å². The van der Waals surface area contributed by atoms with Gasteiger partial charge in [0, 0.05) is 5.56 Å². The molecule has 0 aromatic heterocycles. The number of halogens is 3. The zero-order valence-electron chi connectivity index (χ0n) is 12.4. The van der Waals surface area contributed by atoms with Crippen LogP contribution in [0.25, 0.3) is 0 Å². The third-order valence-corrected chi connectivity index (χ3v) is 3.33. The minimum absolute atomic E-state index is 0.0351. The number of amides is 1. The van der Waals surface area contributed by atoms with Crippen LogP contribution in [0.5, 0.6) is 11.5 Å². The maximum atomic E-state index is 12.3. The summed E-state index contributed by atoms with van der Waals surface area (Å²) in [4.78, 5) is 12.2. The van der Waals surface area contributed by atoms with Crippen LogP contribution in [-0.2, 0) is 0 Å². The zero-order chi connectivity index (χ0) is 17.0. The Labute approximate surface area is 137 Å². The van der Waals surface area contributed by atoms with E-state index in [1.165, 1.54) is 25.3 Å². The van der Waals surface area contributed by atoms with Crippen LogP contribution in [0.1, 0.15) is 15.9 Å². The third-order valence-electron chi connectivity index (χ3n) is 3.01. The first-order valence-electron chi connectivity index (χ1n) is 6.61. The van der Waals surface area contributed by atoms with Gasteiger partial charge in [-0.05, 0) is 42.8 Å². The van der Waals surface area contributed by atoms with Crippen LogP contribution in [0.4, 0.5) is 14.5 Å². The normalized spacial score (nSPS) is 10.5. The first kappa shape index (κ1) is 17.0. The molecule has 1 amide bonds. The zero-order valence-corrected chi connectivity index (χ0v) is 13.2. The Kier molecular flexibility index (Phi) is 5.39. The Bertz CT molecular complexity index is 722. The van der Waals surface area contributed by atoms with E-state index in [1.807, 2.05) is 13.0 Å². The molecule has 0 aliphatic heterocycles. The fraction of sp³-hybridized carbons (Fsp3) is 0.188. The number of nitrogens with one attached hydrogen (secondary N) is 1. The molecule has 0 unspecified atom stereocenters. The highest BCUT2D eigenvalue weighted by molar-refractivity contribution is 6.34. The van der Waals surface area contributed by atoms with Crippen molar-refractivity contribution < 1.29 is 23.0 Å². The van der Waals surface area contributed by atoms with Crippen LogP contribution in [0.15, 0.2) is 36.4 Å². The Balaban J connectivity index is 2.22. The topological polar surface area (TPSA) is 47.6 Å². The summed E-state index contributed by atoms with van der Waals surface area (Å²) in [5.74, 6) is -0.557. The fourth-order valence-electron chi connectivity index (χ4n) is 1.92. The van der Waals surface area contributed by atoms with Gasteiger partial charge in [-0.2, -0.15) is 8.78 Å². The molecule has 0 spiro atoms. The number of benzene rings is 2. The second-order valence-electron chi connectivity index (χ2n) is 4.68. The largest absolute Gasteiger partial charge is 0.493 e. The van der Waals surface area contributed by atoms with Gasteiger partial charge in [0.15, 0.2) is 11.5 Å². The van der Waals surface area contributed by atoms with E-state index in [1.54, 1.807) is 12.1 Å². The van der Waals surface area contributed by atoms with Crippen molar-refractivity contribution in [2.24, 2.45) is 0 Å². The molecule has 0 aliphatic rings. The van der Waals surface area contributed by atoms with Gasteiger partial charge in [-0.15, -0.1) is 0 Å². The van der Waals surface area contributed by atoms with Crippen molar-refractivity contribution >= 4 is 23.2 Å². The average molecular weight is 342 g/mol. The minimum atomic E-state index is -2.98. The first-order valence-corrected chi connectivity index (χ1v) is 6.99. The van der Waals surface area contributed by atoms with Crippen LogP contribution >= 0.6 is 11.6 Å². The van der Waals surface area contributed by atoms with E-state index in [2.05, 4.69) is 10.1 Å². The molecule has 0 radical (unpaired) electrons. The van der Waals surface area contributed by atoms with E-state index < -0.39 is 12.5 Å². The summed E-state index contributed by atoms with van der Waals surface area (Å²) >= 11 is 6.06. The van der Waals surface area contributed by atoms with Crippen molar-refractivity contribution in [3.8, 4) is 11.5 Å². The number of hydrogen-bond acceptors (Lipinski definition) is 3. The Morgan fingerprint density at radius 2 is 1.91 bits per heavy atom. The molecule has 0 saturated heterocycles. The predicted octanol–water partition coefficient (Wildman–Crippen LogP) is 4.51. The highest BCUT2D eigenvalue weighted by Crippen LogP contribution is 2.30. The molecular formula is C16H14ClF2NO3. The monoisotopic (exact) mass is 341 g/mol. The van der Waals surface area contributed by atoms with E-state index in [0.717, 1.165) is 5.56 Å². The lowest BCUT2D eigenvalue weighted by molar-refractivity contribution is -0.0512. The highest BCUT2D eigenvalue weighted by atomic mass is 35.5. The predicted molar refractivity (Wildman–Crippen MR) is 83.8 cm³/mol. The lowest BCUT2D eigenvalue weighted by atomic mass is 10.1. The fourth-order valence-corrected chi connectivity index (χ4v) is 2.20. The van der Waals surface area contributed by atoms with Gasteiger partial charge in [-0.25, -0.2) is 0 Å². The summed E-state index contributed by atoms with van der Waals surface area (Å²) in [6.07, 6.45) is 0. The number of anilines is 1. The van der Waals surface area contributed by atoms with Gasteiger partial charge in [0.2, 0.25) is 0 Å². The molecule has 2 aromatic carbocycles. The number of hydrogen-bond donors (Lipinski definition) is 1. The molecular weight excluding hydrogens is 328 g/mol. The third kappa shape index (κ3) is 4.32. The van der Waals surface area contributed by atoms with Crippen molar-refractivity contribution in [2.45, 2.75) is 13.5 Å². The maximum Gasteiger partial charge on any atom is 0.387 e. The van der Waals surface area contributed by atoms with E-state index in [-0.39, 0.29) is 17.1 Å². The second kappa shape index (κ2) is 7.28. The van der Waals surface area contributed by atoms with E-state index in [0.29, 0.717) is 10.7 Å². The van der Waals surface area contributed by atoms with Gasteiger partial charge in [0.1, 0.15) is 0 Å². The molecule has 0 saturated carbocycles. The highest BCUT2D eigenvalue weighted by Gasteiger charge is 2.15. The van der Waals surface area contributed by atoms with Crippen LogP contribution in [0.3, 0.4) is 0 Å². The smallest absolute Gasteiger partial charge is 0.387 e. The molecule has 122 valence electrons. The van der Waals surface area contributed by atoms with Crippen LogP contribution < -0.4 is 14.8 Å². The average Bonchev–Trinajstić information content (AvgIpc) is 2.49. The second-order valence-corrected chi connectivity index (χ2v) is 5.09. The van der Waals surface area contributed by atoms with E-state index in [4.69, 9.17) is 16.3 Å². The van der Waals surface area contributed by atoms with Crippen LogP contribution in [0, 0.1) is 6.92 Å². The first-order chi connectivity index (χ1) is 10.9. The number of carbonyl (C=O) groups excluding carboxylic acids is 1. The summed E-state index contributed by atoms with van der Waals surface area (Å²) in [5, 5.41) is 3.06. The maximum absolute atomic E-state index is 12.3. The Morgan fingerprint density at radius 1 is 1.17 bits per heavy atom. The molecule has 1 N–H and O–H groups in total. The minimum Gasteiger partial charge on any atom is -0.493 e. The molecule has 0 atom stereocenters. The molecule has 4 nitrogen and oxygen atoms in total. The quantitative estimate of drug-likeness (QED) is 0.870. The summed E-state index contributed by atoms with van der Waals surface area (Å²) in [6, 6.07) is 9.13. The molecule has 0 heterocycles. The number of carbonyl (C=O) groups is 1. The number of methoxy groups -OCH3 is 1. The summed E-state index contributed by atoms with van der Waals surface area (Å²) in [6.45, 7) is -1.10. The van der Waals surface area contributed by atoms with Gasteiger partial charge in [-0.1, -0.05) is 17.7 Å². The molecule has 23 heavy (non-hydrogen) atoms. The van der Waals surface area contributed by atoms with Crippen LogP contribution in [-0.4, -0.2) is 19.6 Å². The van der Waals surface area contributed by atoms with Crippen LogP contribution in [0.2, 0.25) is 5.02 Å². The van der Waals surface area contributed by atoms with Crippen molar-refractivity contribution in [2.75, 3.05) is 12.4 Å². The number of rotatable bonds is 5. The Hall–Kier alpha value is -2.34. The van der Waals surface area contributed by atoms with Crippen molar-refractivity contribution in [3.05, 3.63) is 52.5 Å². The molecule has 0 aliphatic carbocycles. The van der Waals surface area contributed by atoms with Gasteiger partial charge in [0.25, 0.3) is 5.91 Å². The molecule has 2 rings (SSSR count). The Morgan fingerprint density at radius 3 is 2.52 bits per heavy atom. The SMILES string of the molecule is COc1cc(C(=O)Nc2ccc(C)cc2Cl)ccc1OC(F)F. The summed E-state index contributed by atoms with van der Waals surface area (Å²) < 4.78 is 33.9. The van der Waals surface area contributed by atoms with E-state index in [9.17, 15) is 13.6 Å². The van der Waals surface area contributed by atoms with E-state index >= 15 is 0 Å². The summed E-state index contributed by atoms with van der Waals surface area (Å²) in [5.41, 5.74) is 1.64. The van der Waals surface area contributed by atoms with Crippen molar-refractivity contribution in [1.82, 2.24) is 0 Å². The lowest BCUT2D eigenvalue weighted by Gasteiger charge is -2.12. The number of aryl methyl sites for hydroxylation is 1. The van der Waals surface area contributed by atoms with Gasteiger partial charge in [-0.3, -0.25) is 4.79 Å². The molecule has 7 heteroatoms. The van der Waals surface area contributed by atoms with Gasteiger partial charge in [0.05, 0.1) is 17.8 Å². The van der Waals surface area contributed by atoms with Gasteiger partial charge < -0.3 is 14.8 Å². The standard InChI is InChI=1S/C16H14ClF2NO3/c1-9-3-5-12(11(17)7-9)20-15(21)10-4-6-13(23-16(18)19)14(8-10)22-2/h3-8,16H,1-2H3,(H,20,21). The molecule has 2 aromatic rings. The number of ether oxygens (including phenoxy) is 2. The summed E-state index contributed by atoms with van der Waals surface area (Å²) in [7, 11) is 1.30. The molecule has 0 fully saturated rings.